The van der Waals surface area contributed by atoms with Crippen molar-refractivity contribution in [3.8, 4) is 0 Å². The Hall–Kier alpha value is -2.95. The van der Waals surface area contributed by atoms with Crippen LogP contribution in [0.15, 0.2) is 11.8 Å². The average Bonchev–Trinajstić information content (AvgIpc) is 3.56. The molecule has 0 bridgehead atoms. The van der Waals surface area contributed by atoms with Crippen LogP contribution in [-0.2, 0) is 28.8 Å². The largest absolute Gasteiger partial charge is 0.347 e. The Morgan fingerprint density at radius 1 is 1.05 bits per heavy atom. The molecule has 43 heavy (non-hydrogen) atoms. The van der Waals surface area contributed by atoms with Crippen molar-refractivity contribution < 1.29 is 28.8 Å². The van der Waals surface area contributed by atoms with Crippen molar-refractivity contribution in [2.24, 2.45) is 11.3 Å². The monoisotopic (exact) mass is 601 g/mol. The number of hydroxylamine groups is 1. The van der Waals surface area contributed by atoms with Crippen molar-refractivity contribution >= 4 is 29.4 Å². The van der Waals surface area contributed by atoms with Crippen LogP contribution in [0.2, 0.25) is 0 Å². The molecule has 0 aromatic carbocycles. The molecular weight excluding hydrogens is 550 g/mol. The maximum atomic E-state index is 14.3. The van der Waals surface area contributed by atoms with Crippen LogP contribution in [-0.4, -0.2) is 70.6 Å². The molecule has 1 spiro atoms. The van der Waals surface area contributed by atoms with Crippen molar-refractivity contribution in [1.82, 2.24) is 26.3 Å². The Kier molecular flexibility index (Phi) is 10.6. The third-order valence-electron chi connectivity index (χ3n) is 9.11. The number of allylic oxidation sites excluding steroid dienone is 1. The highest BCUT2D eigenvalue weighted by Gasteiger charge is 2.53. The van der Waals surface area contributed by atoms with E-state index < -0.39 is 46.7 Å². The molecule has 0 aromatic heterocycles. The summed E-state index contributed by atoms with van der Waals surface area (Å²) >= 11 is 0. The molecule has 4 N–H and O–H groups in total. The minimum absolute atomic E-state index is 0.0199. The summed E-state index contributed by atoms with van der Waals surface area (Å²) in [5.41, 5.74) is 2.23. The molecule has 2 aliphatic carbocycles. The van der Waals surface area contributed by atoms with Gasteiger partial charge in [0.15, 0.2) is 0 Å². The van der Waals surface area contributed by atoms with E-state index in [1.807, 2.05) is 40.7 Å². The maximum Gasteiger partial charge on any atom is 0.289 e. The van der Waals surface area contributed by atoms with Crippen LogP contribution < -0.4 is 21.4 Å². The molecule has 1 saturated heterocycles. The fourth-order valence-corrected chi connectivity index (χ4v) is 6.42. The Morgan fingerprint density at radius 3 is 2.33 bits per heavy atom. The van der Waals surface area contributed by atoms with Gasteiger partial charge in [0, 0.05) is 24.6 Å². The van der Waals surface area contributed by atoms with Crippen LogP contribution in [0.3, 0.4) is 0 Å². The van der Waals surface area contributed by atoms with E-state index in [1.165, 1.54) is 11.3 Å². The molecule has 2 aliphatic heterocycles. The number of nitrogens with one attached hydrogen (secondary N) is 4. The van der Waals surface area contributed by atoms with Crippen LogP contribution in [0.25, 0.3) is 0 Å². The third kappa shape index (κ3) is 8.37. The molecule has 11 nitrogen and oxygen atoms in total. The Bertz CT molecular complexity index is 1110. The SMILES string of the molecule is CCC[C@H](NC(=O)[C@@H]1C[C@]2(C=C(CC)NO2)CN1C(=O)[C@@H](NC(=O)CC1CCCCC1)C(C)(C)C)C(=O)C(=O)NC1CC1. The van der Waals surface area contributed by atoms with E-state index in [-0.39, 0.29) is 30.8 Å². The molecule has 4 atom stereocenters. The van der Waals surface area contributed by atoms with Gasteiger partial charge < -0.3 is 20.9 Å². The first-order valence-corrected chi connectivity index (χ1v) is 16.3. The molecule has 240 valence electrons. The second kappa shape index (κ2) is 13.8. The van der Waals surface area contributed by atoms with E-state index in [0.717, 1.165) is 44.2 Å². The predicted octanol–water partition coefficient (Wildman–Crippen LogP) is 2.79. The van der Waals surface area contributed by atoms with Gasteiger partial charge in [-0.1, -0.05) is 60.3 Å². The summed E-state index contributed by atoms with van der Waals surface area (Å²) in [5.74, 6) is -2.09. The summed E-state index contributed by atoms with van der Waals surface area (Å²) < 4.78 is 0. The first kappa shape index (κ1) is 33.0. The van der Waals surface area contributed by atoms with E-state index in [1.54, 1.807) is 0 Å². The Labute approximate surface area is 255 Å². The second-order valence-electron chi connectivity index (χ2n) is 14.0. The van der Waals surface area contributed by atoms with E-state index >= 15 is 0 Å². The fourth-order valence-electron chi connectivity index (χ4n) is 6.42. The molecule has 4 rings (SSSR count). The lowest BCUT2D eigenvalue weighted by Gasteiger charge is -2.36. The number of nitrogens with zero attached hydrogens (tertiary/aromatic N) is 1. The van der Waals surface area contributed by atoms with E-state index in [2.05, 4.69) is 21.4 Å². The van der Waals surface area contributed by atoms with Crippen molar-refractivity contribution in [3.05, 3.63) is 11.8 Å². The highest BCUT2D eigenvalue weighted by Crippen LogP contribution is 2.37. The van der Waals surface area contributed by atoms with E-state index in [4.69, 9.17) is 4.84 Å². The summed E-state index contributed by atoms with van der Waals surface area (Å²) in [5, 5.41) is 8.52. The standard InChI is InChI=1S/C32H51N5O6/c1-6-11-23(26(39)29(41)33-22-14-15-22)34-28(40)24-18-32(17-21(7-2)36-43-32)19-37(24)30(42)27(31(3,4)5)35-25(38)16-20-12-9-8-10-13-20/h17,20,22-24,27,36H,6-16,18-19H2,1-5H3,(H,33,41)(H,34,40)(H,35,38)/t23-,24-,27+,32+/m0/s1. The highest BCUT2D eigenvalue weighted by molar-refractivity contribution is 6.38. The summed E-state index contributed by atoms with van der Waals surface area (Å²) in [7, 11) is 0. The fraction of sp³-hybridized carbons (Fsp3) is 0.781. The summed E-state index contributed by atoms with van der Waals surface area (Å²) in [6.45, 7) is 9.66. The lowest BCUT2D eigenvalue weighted by molar-refractivity contribution is -0.145. The lowest BCUT2D eigenvalue weighted by atomic mass is 9.84. The molecule has 3 fully saturated rings. The van der Waals surface area contributed by atoms with E-state index in [0.29, 0.717) is 31.6 Å². The molecule has 2 saturated carbocycles. The first-order valence-electron chi connectivity index (χ1n) is 16.3. The second-order valence-corrected chi connectivity index (χ2v) is 14.0. The zero-order chi connectivity index (χ0) is 31.4. The van der Waals surface area contributed by atoms with Crippen LogP contribution in [0.1, 0.15) is 112 Å². The van der Waals surface area contributed by atoms with Crippen molar-refractivity contribution in [1.29, 1.82) is 0 Å². The number of amides is 4. The number of hydrogen-bond donors (Lipinski definition) is 4. The van der Waals surface area contributed by atoms with E-state index in [9.17, 15) is 24.0 Å². The van der Waals surface area contributed by atoms with Crippen molar-refractivity contribution in [2.75, 3.05) is 6.54 Å². The van der Waals surface area contributed by atoms with Crippen LogP contribution >= 0.6 is 0 Å². The number of carbonyl (C=O) groups excluding carboxylic acids is 5. The third-order valence-corrected chi connectivity index (χ3v) is 9.11. The molecule has 0 radical (unpaired) electrons. The average molecular weight is 602 g/mol. The lowest BCUT2D eigenvalue weighted by Crippen LogP contribution is -2.59. The smallest absolute Gasteiger partial charge is 0.289 e. The molecule has 0 unspecified atom stereocenters. The highest BCUT2D eigenvalue weighted by atomic mass is 16.7. The topological polar surface area (TPSA) is 146 Å². The van der Waals surface area contributed by atoms with Gasteiger partial charge in [0.2, 0.25) is 23.5 Å². The van der Waals surface area contributed by atoms with Crippen molar-refractivity contribution in [3.63, 3.8) is 0 Å². The van der Waals surface area contributed by atoms with Gasteiger partial charge >= 0.3 is 0 Å². The normalized spacial score (nSPS) is 25.5. The van der Waals surface area contributed by atoms with Crippen LogP contribution in [0.4, 0.5) is 0 Å². The number of hydrogen-bond acceptors (Lipinski definition) is 7. The first-order chi connectivity index (χ1) is 20.4. The van der Waals surface area contributed by atoms with Gasteiger partial charge in [-0.2, -0.15) is 0 Å². The van der Waals surface area contributed by atoms with Gasteiger partial charge in [0.05, 0.1) is 12.6 Å². The molecule has 4 aliphatic rings. The van der Waals surface area contributed by atoms with Gasteiger partial charge in [-0.05, 0) is 55.9 Å². The van der Waals surface area contributed by atoms with Gasteiger partial charge in [0.1, 0.15) is 17.7 Å². The van der Waals surface area contributed by atoms with Crippen LogP contribution in [0.5, 0.6) is 0 Å². The maximum absolute atomic E-state index is 14.3. The van der Waals surface area contributed by atoms with Gasteiger partial charge in [-0.3, -0.25) is 34.3 Å². The Morgan fingerprint density at radius 2 is 1.74 bits per heavy atom. The van der Waals surface area contributed by atoms with Gasteiger partial charge in [-0.25, -0.2) is 0 Å². The summed E-state index contributed by atoms with van der Waals surface area (Å²) in [6.07, 6.45) is 11.2. The minimum Gasteiger partial charge on any atom is -0.347 e. The van der Waals surface area contributed by atoms with Gasteiger partial charge in [0.25, 0.3) is 5.91 Å². The number of Topliss-reactive ketones (excluding diaryl/α,β-unsaturated/α-hetero) is 1. The summed E-state index contributed by atoms with van der Waals surface area (Å²) in [4.78, 5) is 74.4. The number of rotatable bonds is 12. The molecule has 0 aromatic rings. The minimum atomic E-state index is -0.997. The summed E-state index contributed by atoms with van der Waals surface area (Å²) in [6, 6.07) is -2.80. The molecule has 11 heteroatoms. The predicted molar refractivity (Wildman–Crippen MR) is 161 cm³/mol. The van der Waals surface area contributed by atoms with Crippen molar-refractivity contribution in [2.45, 2.75) is 141 Å². The zero-order valence-electron chi connectivity index (χ0n) is 26.6. The molecule has 2 heterocycles. The number of ketones is 1. The van der Waals surface area contributed by atoms with Crippen LogP contribution in [0, 0.1) is 11.3 Å². The molecular formula is C32H51N5O6. The zero-order valence-corrected chi connectivity index (χ0v) is 26.6. The molecule has 4 amide bonds. The quantitative estimate of drug-likeness (QED) is 0.252. The van der Waals surface area contributed by atoms with Gasteiger partial charge in [-0.15, -0.1) is 0 Å². The number of carbonyl (C=O) groups is 5. The Balaban J connectivity index is 1.54. The number of likely N-dealkylation sites (tertiary alicyclic amines) is 1.